The third-order valence-corrected chi connectivity index (χ3v) is 6.09. The SMILES string of the molecule is O=C(O)Nc1cccc(C#Cc2cccc(-c3c4cccc(C(F)(F)F)c4nn3Cc3c(F)cc(F)cc3F)c2)c1. The number of aromatic nitrogens is 2. The van der Waals surface area contributed by atoms with Crippen molar-refractivity contribution in [2.75, 3.05) is 5.32 Å². The molecule has 5 nitrogen and oxygen atoms in total. The molecule has 0 bridgehead atoms. The highest BCUT2D eigenvalue weighted by Gasteiger charge is 2.34. The van der Waals surface area contributed by atoms with Crippen molar-refractivity contribution in [1.29, 1.82) is 0 Å². The molecule has 5 rings (SSSR count). The van der Waals surface area contributed by atoms with E-state index in [-0.39, 0.29) is 11.1 Å². The summed E-state index contributed by atoms with van der Waals surface area (Å²) >= 11 is 0. The Balaban J connectivity index is 1.63. The molecule has 1 aromatic heterocycles. The van der Waals surface area contributed by atoms with Crippen LogP contribution in [0.2, 0.25) is 0 Å². The molecule has 0 saturated heterocycles. The molecule has 0 saturated carbocycles. The van der Waals surface area contributed by atoms with Crippen LogP contribution in [0.4, 0.5) is 36.8 Å². The third-order valence-electron chi connectivity index (χ3n) is 6.09. The van der Waals surface area contributed by atoms with Gasteiger partial charge in [0.2, 0.25) is 0 Å². The maximum absolute atomic E-state index is 14.5. The Labute approximate surface area is 228 Å². The second kappa shape index (κ2) is 10.7. The number of halogens is 6. The van der Waals surface area contributed by atoms with Gasteiger partial charge in [-0.1, -0.05) is 42.2 Å². The van der Waals surface area contributed by atoms with Crippen LogP contribution >= 0.6 is 0 Å². The van der Waals surface area contributed by atoms with Gasteiger partial charge in [0.1, 0.15) is 23.0 Å². The molecule has 1 heterocycles. The predicted octanol–water partition coefficient (Wildman–Crippen LogP) is 7.68. The molecule has 1 amide bonds. The Bertz CT molecular complexity index is 1850. The quantitative estimate of drug-likeness (QED) is 0.174. The van der Waals surface area contributed by atoms with Crippen LogP contribution in [0.25, 0.3) is 22.2 Å². The van der Waals surface area contributed by atoms with Gasteiger partial charge in [-0.05, 0) is 36.4 Å². The molecule has 2 N–H and O–H groups in total. The van der Waals surface area contributed by atoms with Crippen molar-refractivity contribution in [3.05, 3.63) is 119 Å². The van der Waals surface area contributed by atoms with E-state index in [0.29, 0.717) is 34.5 Å². The molecule has 4 aromatic carbocycles. The summed E-state index contributed by atoms with van der Waals surface area (Å²) in [5.41, 5.74) is -0.249. The molecule has 0 fully saturated rings. The smallest absolute Gasteiger partial charge is 0.418 e. The van der Waals surface area contributed by atoms with E-state index in [4.69, 9.17) is 5.11 Å². The van der Waals surface area contributed by atoms with E-state index in [9.17, 15) is 31.1 Å². The van der Waals surface area contributed by atoms with Gasteiger partial charge in [0, 0.05) is 45.5 Å². The maximum atomic E-state index is 14.5. The van der Waals surface area contributed by atoms with E-state index in [1.54, 1.807) is 42.5 Å². The summed E-state index contributed by atoms with van der Waals surface area (Å²) in [5, 5.41) is 15.3. The summed E-state index contributed by atoms with van der Waals surface area (Å²) in [6.45, 7) is -0.613. The van der Waals surface area contributed by atoms with Gasteiger partial charge in [0.05, 0.1) is 17.8 Å². The topological polar surface area (TPSA) is 67.2 Å². The Hall–Kier alpha value is -5.24. The average molecular weight is 565 g/mol. The standard InChI is InChI=1S/C30H17F6N3O2/c31-20-14-25(32)23(26(33)15-20)16-39-28(22-8-3-9-24(27(22)38-39)30(34,35)36)19-6-1-4-17(12-19)10-11-18-5-2-7-21(13-18)37-29(40)41/h1-9,12-15,37H,16H2,(H,40,41). The summed E-state index contributed by atoms with van der Waals surface area (Å²) in [4.78, 5) is 10.9. The summed E-state index contributed by atoms with van der Waals surface area (Å²) in [6, 6.07) is 17.2. The van der Waals surface area contributed by atoms with Gasteiger partial charge in [-0.25, -0.2) is 18.0 Å². The number of carbonyl (C=O) groups is 1. The van der Waals surface area contributed by atoms with Gasteiger partial charge in [-0.3, -0.25) is 10.00 Å². The van der Waals surface area contributed by atoms with E-state index in [1.807, 2.05) is 0 Å². The lowest BCUT2D eigenvalue weighted by Crippen LogP contribution is -2.09. The highest BCUT2D eigenvalue weighted by atomic mass is 19.4. The zero-order valence-electron chi connectivity index (χ0n) is 20.7. The molecule has 0 radical (unpaired) electrons. The first-order valence-corrected chi connectivity index (χ1v) is 11.9. The van der Waals surface area contributed by atoms with E-state index < -0.39 is 52.9 Å². The van der Waals surface area contributed by atoms with Crippen molar-refractivity contribution >= 4 is 22.7 Å². The van der Waals surface area contributed by atoms with Gasteiger partial charge in [-0.2, -0.15) is 18.3 Å². The Kier molecular flexibility index (Phi) is 7.15. The van der Waals surface area contributed by atoms with Crippen LogP contribution in [0, 0.1) is 29.3 Å². The summed E-state index contributed by atoms with van der Waals surface area (Å²) in [5.74, 6) is 2.28. The fraction of sp³-hybridized carbons (Fsp3) is 0.0667. The molecule has 0 atom stereocenters. The first-order valence-electron chi connectivity index (χ1n) is 11.9. The van der Waals surface area contributed by atoms with Crippen LogP contribution in [-0.4, -0.2) is 21.0 Å². The van der Waals surface area contributed by atoms with Crippen LogP contribution in [-0.2, 0) is 12.7 Å². The summed E-state index contributed by atoms with van der Waals surface area (Å²) in [6.07, 6.45) is -5.99. The highest BCUT2D eigenvalue weighted by molar-refractivity contribution is 5.95. The number of rotatable bonds is 4. The second-order valence-electron chi connectivity index (χ2n) is 8.90. The molecule has 206 valence electrons. The lowest BCUT2D eigenvalue weighted by Gasteiger charge is -2.11. The van der Waals surface area contributed by atoms with Crippen LogP contribution in [0.1, 0.15) is 22.3 Å². The molecular formula is C30H17F6N3O2. The summed E-state index contributed by atoms with van der Waals surface area (Å²) < 4.78 is 85.0. The minimum Gasteiger partial charge on any atom is -0.465 e. The number of benzene rings is 4. The van der Waals surface area contributed by atoms with Crippen molar-refractivity contribution in [2.24, 2.45) is 0 Å². The number of nitrogens with zero attached hydrogens (tertiary/aromatic N) is 2. The molecule has 0 aliphatic carbocycles. The van der Waals surface area contributed by atoms with Crippen LogP contribution in [0.15, 0.2) is 78.9 Å². The van der Waals surface area contributed by atoms with E-state index in [1.165, 1.54) is 18.2 Å². The molecule has 41 heavy (non-hydrogen) atoms. The maximum Gasteiger partial charge on any atom is 0.418 e. The van der Waals surface area contributed by atoms with E-state index in [2.05, 4.69) is 22.3 Å². The molecule has 0 aliphatic heterocycles. The van der Waals surface area contributed by atoms with Gasteiger partial charge in [0.25, 0.3) is 0 Å². The Morgan fingerprint density at radius 2 is 1.51 bits per heavy atom. The van der Waals surface area contributed by atoms with Gasteiger partial charge >= 0.3 is 12.3 Å². The highest BCUT2D eigenvalue weighted by Crippen LogP contribution is 2.38. The molecule has 11 heteroatoms. The van der Waals surface area contributed by atoms with E-state index >= 15 is 0 Å². The number of amides is 1. The number of alkyl halides is 3. The fourth-order valence-electron chi connectivity index (χ4n) is 4.36. The minimum absolute atomic E-state index is 0.0836. The predicted molar refractivity (Wildman–Crippen MR) is 140 cm³/mol. The molecule has 0 aliphatic rings. The largest absolute Gasteiger partial charge is 0.465 e. The number of carboxylic acid groups (broad SMARTS) is 1. The van der Waals surface area contributed by atoms with Crippen molar-refractivity contribution in [2.45, 2.75) is 12.7 Å². The first-order chi connectivity index (χ1) is 19.5. The van der Waals surface area contributed by atoms with Crippen molar-refractivity contribution in [1.82, 2.24) is 9.78 Å². The zero-order valence-corrected chi connectivity index (χ0v) is 20.7. The summed E-state index contributed by atoms with van der Waals surface area (Å²) in [7, 11) is 0. The normalized spacial score (nSPS) is 11.3. The van der Waals surface area contributed by atoms with Gasteiger partial charge in [0.15, 0.2) is 0 Å². The monoisotopic (exact) mass is 565 g/mol. The van der Waals surface area contributed by atoms with Crippen LogP contribution in [0.3, 0.4) is 0 Å². The number of nitrogens with one attached hydrogen (secondary N) is 1. The van der Waals surface area contributed by atoms with Crippen molar-refractivity contribution < 1.29 is 36.2 Å². The van der Waals surface area contributed by atoms with Crippen LogP contribution < -0.4 is 5.32 Å². The van der Waals surface area contributed by atoms with Gasteiger partial charge < -0.3 is 5.11 Å². The van der Waals surface area contributed by atoms with Crippen molar-refractivity contribution in [3.63, 3.8) is 0 Å². The number of hydrogen-bond acceptors (Lipinski definition) is 2. The zero-order chi connectivity index (χ0) is 29.3. The molecule has 5 aromatic rings. The number of fused-ring (bicyclic) bond motifs is 1. The fourth-order valence-corrected chi connectivity index (χ4v) is 4.36. The first kappa shape index (κ1) is 27.3. The third kappa shape index (κ3) is 5.86. The van der Waals surface area contributed by atoms with Crippen molar-refractivity contribution in [3.8, 4) is 23.1 Å². The Morgan fingerprint density at radius 3 is 2.17 bits per heavy atom. The average Bonchev–Trinajstić information content (AvgIpc) is 3.27. The van der Waals surface area contributed by atoms with Gasteiger partial charge in [-0.15, -0.1) is 0 Å². The minimum atomic E-state index is -4.75. The lowest BCUT2D eigenvalue weighted by molar-refractivity contribution is -0.136. The molecule has 0 unspecified atom stereocenters. The number of anilines is 1. The number of hydrogen-bond donors (Lipinski definition) is 2. The molecule has 0 spiro atoms. The molecular weight excluding hydrogens is 548 g/mol. The van der Waals surface area contributed by atoms with Crippen LogP contribution in [0.5, 0.6) is 0 Å². The lowest BCUT2D eigenvalue weighted by atomic mass is 10.0. The second-order valence-corrected chi connectivity index (χ2v) is 8.90. The van der Waals surface area contributed by atoms with E-state index in [0.717, 1.165) is 10.7 Å². The Morgan fingerprint density at radius 1 is 0.878 bits per heavy atom.